The highest BCUT2D eigenvalue weighted by molar-refractivity contribution is 4.98. The Morgan fingerprint density at radius 3 is 3.00 bits per heavy atom. The highest BCUT2D eigenvalue weighted by Gasteiger charge is 2.42. The number of hydrogen-bond donors (Lipinski definition) is 0. The summed E-state index contributed by atoms with van der Waals surface area (Å²) in [5.41, 5.74) is 0. The first kappa shape index (κ1) is 14.0. The van der Waals surface area contributed by atoms with Gasteiger partial charge >= 0.3 is 0 Å². The summed E-state index contributed by atoms with van der Waals surface area (Å²) in [5.74, 6) is 1.72. The molecule has 0 aromatic carbocycles. The largest absolute Gasteiger partial charge is 0.375 e. The topological polar surface area (TPSA) is 48.1 Å². The van der Waals surface area contributed by atoms with E-state index in [1.54, 1.807) is 0 Å². The lowest BCUT2D eigenvalue weighted by Gasteiger charge is -2.39. The van der Waals surface area contributed by atoms with Gasteiger partial charge in [-0.05, 0) is 12.8 Å². The van der Waals surface area contributed by atoms with Gasteiger partial charge < -0.3 is 13.9 Å². The van der Waals surface area contributed by atoms with Crippen molar-refractivity contribution in [2.45, 2.75) is 38.1 Å². The van der Waals surface area contributed by atoms with Crippen LogP contribution in [0.25, 0.3) is 0 Å². The summed E-state index contributed by atoms with van der Waals surface area (Å²) in [7, 11) is 2.07. The molecule has 0 spiro atoms. The summed E-state index contributed by atoms with van der Waals surface area (Å²) in [6.45, 7) is 3.76. The van der Waals surface area contributed by atoms with Crippen molar-refractivity contribution in [2.75, 3.05) is 13.2 Å². The van der Waals surface area contributed by atoms with Gasteiger partial charge in [0.25, 0.3) is 0 Å². The summed E-state index contributed by atoms with van der Waals surface area (Å²) in [4.78, 5) is 11.2. The third kappa shape index (κ3) is 2.57. The lowest BCUT2D eigenvalue weighted by atomic mass is 10.0. The number of ether oxygens (including phenoxy) is 1. The highest BCUT2D eigenvalue weighted by atomic mass is 16.5. The smallest absolute Gasteiger partial charge is 0.122 e. The molecule has 1 saturated carbocycles. The standard InChI is InChI=1S/C16H23N5O/c1-19-6-5-18-15(19)11-21-8-9-22-16-13(2-3-14(16)21)10-20-7-4-17-12-20/h4-7,12-14,16H,2-3,8-11H2,1H3/t13-,14-,16+/m0/s1. The molecule has 1 aliphatic carbocycles. The van der Waals surface area contributed by atoms with E-state index in [0.29, 0.717) is 18.1 Å². The number of rotatable bonds is 4. The molecule has 2 aromatic heterocycles. The lowest BCUT2D eigenvalue weighted by Crippen LogP contribution is -2.50. The fourth-order valence-corrected chi connectivity index (χ4v) is 3.92. The minimum Gasteiger partial charge on any atom is -0.375 e. The summed E-state index contributed by atoms with van der Waals surface area (Å²) in [5, 5.41) is 0. The number of fused-ring (bicyclic) bond motifs is 1. The number of hydrogen-bond acceptors (Lipinski definition) is 4. The minimum atomic E-state index is 0.344. The van der Waals surface area contributed by atoms with Crippen LogP contribution in [-0.2, 0) is 24.9 Å². The van der Waals surface area contributed by atoms with Gasteiger partial charge in [-0.15, -0.1) is 0 Å². The van der Waals surface area contributed by atoms with Gasteiger partial charge in [-0.3, -0.25) is 4.90 Å². The Bertz CT molecular complexity index is 608. The molecule has 6 nitrogen and oxygen atoms in total. The summed E-state index contributed by atoms with van der Waals surface area (Å²) >= 11 is 0. The molecule has 2 fully saturated rings. The molecule has 3 atom stereocenters. The van der Waals surface area contributed by atoms with Crippen LogP contribution in [0.5, 0.6) is 0 Å². The first-order chi connectivity index (χ1) is 10.8. The van der Waals surface area contributed by atoms with E-state index in [0.717, 1.165) is 32.1 Å². The normalized spacial score (nSPS) is 28.9. The Kier molecular flexibility index (Phi) is 3.72. The van der Waals surface area contributed by atoms with Crippen molar-refractivity contribution >= 4 is 0 Å². The number of aromatic nitrogens is 4. The summed E-state index contributed by atoms with van der Waals surface area (Å²) < 4.78 is 10.4. The van der Waals surface area contributed by atoms with Crippen molar-refractivity contribution in [2.24, 2.45) is 13.0 Å². The quantitative estimate of drug-likeness (QED) is 0.854. The maximum Gasteiger partial charge on any atom is 0.122 e. The molecule has 2 aromatic rings. The van der Waals surface area contributed by atoms with E-state index in [1.807, 2.05) is 31.1 Å². The van der Waals surface area contributed by atoms with Gasteiger partial charge in [0.1, 0.15) is 5.82 Å². The van der Waals surface area contributed by atoms with Gasteiger partial charge in [-0.2, -0.15) is 0 Å². The average molecular weight is 301 g/mol. The molecule has 4 rings (SSSR count). The molecule has 0 radical (unpaired) electrons. The number of morpholine rings is 1. The Morgan fingerprint density at radius 2 is 2.23 bits per heavy atom. The predicted octanol–water partition coefficient (Wildman–Crippen LogP) is 1.30. The fraction of sp³-hybridized carbons (Fsp3) is 0.625. The van der Waals surface area contributed by atoms with Gasteiger partial charge in [0.05, 0.1) is 25.6 Å². The van der Waals surface area contributed by atoms with E-state index in [9.17, 15) is 0 Å². The third-order valence-corrected chi connectivity index (χ3v) is 5.10. The molecule has 2 aliphatic rings. The van der Waals surface area contributed by atoms with Crippen molar-refractivity contribution in [3.05, 3.63) is 36.9 Å². The SMILES string of the molecule is Cn1ccnc1CN1CCO[C@@H]2[C@H](Cn3ccnc3)CC[C@@H]21. The molecule has 0 bridgehead atoms. The minimum absolute atomic E-state index is 0.344. The fourth-order valence-electron chi connectivity index (χ4n) is 3.92. The van der Waals surface area contributed by atoms with Crippen molar-refractivity contribution in [3.8, 4) is 0 Å². The molecule has 22 heavy (non-hydrogen) atoms. The Morgan fingerprint density at radius 1 is 1.27 bits per heavy atom. The number of imidazole rings is 2. The van der Waals surface area contributed by atoms with Crippen LogP contribution in [0.2, 0.25) is 0 Å². The second kappa shape index (κ2) is 5.85. The van der Waals surface area contributed by atoms with Crippen molar-refractivity contribution in [1.29, 1.82) is 0 Å². The molecule has 1 aliphatic heterocycles. The van der Waals surface area contributed by atoms with Crippen LogP contribution < -0.4 is 0 Å². The highest BCUT2D eigenvalue weighted by Crippen LogP contribution is 2.36. The zero-order valence-electron chi connectivity index (χ0n) is 13.0. The molecule has 0 unspecified atom stereocenters. The Labute approximate surface area is 130 Å². The third-order valence-electron chi connectivity index (χ3n) is 5.10. The average Bonchev–Trinajstić information content (AvgIpc) is 3.24. The molecular formula is C16H23N5O. The van der Waals surface area contributed by atoms with Crippen LogP contribution >= 0.6 is 0 Å². The van der Waals surface area contributed by atoms with Gasteiger partial charge in [0.15, 0.2) is 0 Å². The predicted molar refractivity (Wildman–Crippen MR) is 82.1 cm³/mol. The molecule has 3 heterocycles. The Balaban J connectivity index is 1.45. The van der Waals surface area contributed by atoms with Gasteiger partial charge in [-0.25, -0.2) is 9.97 Å². The summed E-state index contributed by atoms with van der Waals surface area (Å²) in [6.07, 6.45) is 12.5. The second-order valence-corrected chi connectivity index (χ2v) is 6.42. The maximum absolute atomic E-state index is 6.14. The van der Waals surface area contributed by atoms with Crippen LogP contribution in [0.15, 0.2) is 31.1 Å². The van der Waals surface area contributed by atoms with E-state index < -0.39 is 0 Å². The van der Waals surface area contributed by atoms with Gasteiger partial charge in [0, 0.05) is 56.9 Å². The van der Waals surface area contributed by atoms with Crippen LogP contribution in [0.3, 0.4) is 0 Å². The van der Waals surface area contributed by atoms with E-state index >= 15 is 0 Å². The molecule has 0 amide bonds. The van der Waals surface area contributed by atoms with E-state index in [2.05, 4.69) is 31.0 Å². The van der Waals surface area contributed by atoms with Crippen LogP contribution in [-0.4, -0.2) is 49.3 Å². The zero-order chi connectivity index (χ0) is 14.9. The number of aryl methyl sites for hydroxylation is 1. The Hall–Kier alpha value is -1.66. The van der Waals surface area contributed by atoms with Crippen molar-refractivity contribution < 1.29 is 4.74 Å². The molecular weight excluding hydrogens is 278 g/mol. The van der Waals surface area contributed by atoms with Gasteiger partial charge in [-0.1, -0.05) is 0 Å². The zero-order valence-corrected chi connectivity index (χ0v) is 13.0. The summed E-state index contributed by atoms with van der Waals surface area (Å²) in [6, 6.07) is 0.527. The number of nitrogens with zero attached hydrogens (tertiary/aromatic N) is 5. The van der Waals surface area contributed by atoms with Crippen LogP contribution in [0.1, 0.15) is 18.7 Å². The molecule has 118 valence electrons. The van der Waals surface area contributed by atoms with Crippen LogP contribution in [0, 0.1) is 5.92 Å². The van der Waals surface area contributed by atoms with Crippen molar-refractivity contribution in [1.82, 2.24) is 24.0 Å². The first-order valence-electron chi connectivity index (χ1n) is 8.09. The molecule has 0 N–H and O–H groups in total. The van der Waals surface area contributed by atoms with E-state index in [4.69, 9.17) is 4.74 Å². The lowest BCUT2D eigenvalue weighted by molar-refractivity contribution is -0.0794. The van der Waals surface area contributed by atoms with E-state index in [1.165, 1.54) is 12.8 Å². The molecule has 1 saturated heterocycles. The second-order valence-electron chi connectivity index (χ2n) is 6.42. The van der Waals surface area contributed by atoms with Crippen LogP contribution in [0.4, 0.5) is 0 Å². The first-order valence-corrected chi connectivity index (χ1v) is 8.09. The van der Waals surface area contributed by atoms with Crippen molar-refractivity contribution in [3.63, 3.8) is 0 Å². The monoisotopic (exact) mass is 301 g/mol. The molecule has 6 heteroatoms. The van der Waals surface area contributed by atoms with Gasteiger partial charge in [0.2, 0.25) is 0 Å². The van der Waals surface area contributed by atoms with E-state index in [-0.39, 0.29) is 0 Å². The maximum atomic E-state index is 6.14.